The first kappa shape index (κ1) is 18.0. The highest BCUT2D eigenvalue weighted by atomic mass is 35.5. The number of carbonyl (C=O) groups is 2. The smallest absolute Gasteiger partial charge is 0.312 e. The Morgan fingerprint density at radius 3 is 2.29 bits per heavy atom. The summed E-state index contributed by atoms with van der Waals surface area (Å²) >= 11 is 5.81. The van der Waals surface area contributed by atoms with E-state index in [0.717, 1.165) is 11.1 Å². The average Bonchev–Trinajstić information content (AvgIpc) is 2.61. The maximum atomic E-state index is 12.3. The maximum absolute atomic E-state index is 12.3. The van der Waals surface area contributed by atoms with Gasteiger partial charge >= 0.3 is 11.8 Å². The molecule has 0 saturated carbocycles. The van der Waals surface area contributed by atoms with Crippen LogP contribution in [0, 0.1) is 0 Å². The molecule has 2 rings (SSSR count). The predicted molar refractivity (Wildman–Crippen MR) is 92.2 cm³/mol. The van der Waals surface area contributed by atoms with Gasteiger partial charge in [0, 0.05) is 24.7 Å². The van der Waals surface area contributed by atoms with Crippen LogP contribution in [-0.4, -0.2) is 35.0 Å². The van der Waals surface area contributed by atoms with E-state index < -0.39 is 11.8 Å². The Balaban J connectivity index is 1.95. The maximum Gasteiger partial charge on any atom is 0.312 e. The van der Waals surface area contributed by atoms with Crippen molar-refractivity contribution in [1.82, 2.24) is 10.2 Å². The lowest BCUT2D eigenvalue weighted by molar-refractivity contribution is -0.146. The molecule has 126 valence electrons. The second-order valence-electron chi connectivity index (χ2n) is 5.25. The van der Waals surface area contributed by atoms with E-state index >= 15 is 0 Å². The molecule has 0 aromatic heterocycles. The molecule has 0 heterocycles. The first-order chi connectivity index (χ1) is 11.6. The molecule has 0 spiro atoms. The zero-order valence-corrected chi connectivity index (χ0v) is 13.9. The summed E-state index contributed by atoms with van der Waals surface area (Å²) in [6.07, 6.45) is 0. The Bertz CT molecular complexity index is 674. The summed E-state index contributed by atoms with van der Waals surface area (Å²) in [7, 11) is 0. The number of hydrogen-bond donors (Lipinski definition) is 2. The van der Waals surface area contributed by atoms with Crippen LogP contribution in [0.1, 0.15) is 11.1 Å². The van der Waals surface area contributed by atoms with E-state index in [4.69, 9.17) is 16.7 Å². The number of halogens is 1. The summed E-state index contributed by atoms with van der Waals surface area (Å²) in [6.45, 7) is 0.403. The van der Waals surface area contributed by atoms with E-state index in [-0.39, 0.29) is 26.2 Å². The van der Waals surface area contributed by atoms with Gasteiger partial charge < -0.3 is 15.3 Å². The molecule has 0 aliphatic heterocycles. The van der Waals surface area contributed by atoms with Crippen molar-refractivity contribution in [3.05, 3.63) is 70.7 Å². The third-order valence-corrected chi connectivity index (χ3v) is 3.69. The lowest BCUT2D eigenvalue weighted by Gasteiger charge is -2.21. The Morgan fingerprint density at radius 2 is 1.67 bits per heavy atom. The third kappa shape index (κ3) is 5.37. The van der Waals surface area contributed by atoms with Gasteiger partial charge in [0.2, 0.25) is 0 Å². The quantitative estimate of drug-likeness (QED) is 0.786. The van der Waals surface area contributed by atoms with E-state index in [9.17, 15) is 9.59 Å². The fourth-order valence-corrected chi connectivity index (χ4v) is 2.31. The summed E-state index contributed by atoms with van der Waals surface area (Å²) in [5.41, 5.74) is 1.74. The van der Waals surface area contributed by atoms with Crippen LogP contribution in [-0.2, 0) is 22.7 Å². The molecule has 2 aromatic rings. The number of nitrogens with one attached hydrogen (secondary N) is 1. The first-order valence-corrected chi connectivity index (χ1v) is 7.94. The predicted octanol–water partition coefficient (Wildman–Crippen LogP) is 1.98. The lowest BCUT2D eigenvalue weighted by Crippen LogP contribution is -2.43. The highest BCUT2D eigenvalue weighted by Crippen LogP contribution is 2.09. The van der Waals surface area contributed by atoms with Crippen LogP contribution in [0.25, 0.3) is 0 Å². The summed E-state index contributed by atoms with van der Waals surface area (Å²) < 4.78 is 0. The molecule has 24 heavy (non-hydrogen) atoms. The van der Waals surface area contributed by atoms with Crippen molar-refractivity contribution in [3.8, 4) is 0 Å². The highest BCUT2D eigenvalue weighted by Gasteiger charge is 2.21. The van der Waals surface area contributed by atoms with E-state index in [2.05, 4.69) is 5.32 Å². The van der Waals surface area contributed by atoms with Crippen molar-refractivity contribution in [2.45, 2.75) is 13.1 Å². The molecule has 0 aliphatic rings. The van der Waals surface area contributed by atoms with Gasteiger partial charge in [-0.15, -0.1) is 0 Å². The molecule has 6 heteroatoms. The second kappa shape index (κ2) is 9.05. The van der Waals surface area contributed by atoms with Gasteiger partial charge in [-0.2, -0.15) is 0 Å². The summed E-state index contributed by atoms with van der Waals surface area (Å²) in [4.78, 5) is 25.7. The minimum atomic E-state index is -0.700. The Labute approximate surface area is 145 Å². The number of hydrogen-bond acceptors (Lipinski definition) is 3. The Kier molecular flexibility index (Phi) is 6.78. The number of rotatable bonds is 6. The highest BCUT2D eigenvalue weighted by molar-refractivity contribution is 6.34. The number of amides is 2. The Hall–Kier alpha value is -2.37. The molecular formula is C18H19ClN2O3. The molecule has 0 saturated heterocycles. The molecular weight excluding hydrogens is 328 g/mol. The monoisotopic (exact) mass is 346 g/mol. The van der Waals surface area contributed by atoms with Crippen LogP contribution in [0.3, 0.4) is 0 Å². The normalized spacial score (nSPS) is 10.2. The zero-order chi connectivity index (χ0) is 17.4. The van der Waals surface area contributed by atoms with Gasteiger partial charge in [0.1, 0.15) is 0 Å². The van der Waals surface area contributed by atoms with Crippen LogP contribution in [0.15, 0.2) is 54.6 Å². The molecule has 2 aromatic carbocycles. The van der Waals surface area contributed by atoms with Crippen molar-refractivity contribution >= 4 is 23.4 Å². The number of benzene rings is 2. The minimum absolute atomic E-state index is 0.0993. The standard InChI is InChI=1S/C18H19ClN2O3/c19-16-8-6-14(7-9-16)12-20-17(23)18(24)21(10-11-22)13-15-4-2-1-3-5-15/h1-9,22H,10-13H2,(H,20,23). The topological polar surface area (TPSA) is 69.6 Å². The first-order valence-electron chi connectivity index (χ1n) is 7.56. The fraction of sp³-hybridized carbons (Fsp3) is 0.222. The largest absolute Gasteiger partial charge is 0.395 e. The van der Waals surface area contributed by atoms with Gasteiger partial charge in [0.25, 0.3) is 0 Å². The van der Waals surface area contributed by atoms with Gasteiger partial charge in [-0.25, -0.2) is 0 Å². The van der Waals surface area contributed by atoms with E-state index in [1.165, 1.54) is 4.90 Å². The molecule has 0 unspecified atom stereocenters. The van der Waals surface area contributed by atoms with Gasteiger partial charge in [-0.05, 0) is 23.3 Å². The van der Waals surface area contributed by atoms with Crippen LogP contribution < -0.4 is 5.32 Å². The van der Waals surface area contributed by atoms with Crippen LogP contribution in [0.2, 0.25) is 5.02 Å². The molecule has 0 fully saturated rings. The van der Waals surface area contributed by atoms with E-state index in [1.807, 2.05) is 30.3 Å². The molecule has 2 N–H and O–H groups in total. The van der Waals surface area contributed by atoms with Crippen molar-refractivity contribution in [2.24, 2.45) is 0 Å². The number of aliphatic hydroxyl groups is 1. The lowest BCUT2D eigenvalue weighted by atomic mass is 10.2. The molecule has 0 bridgehead atoms. The minimum Gasteiger partial charge on any atom is -0.395 e. The molecule has 0 atom stereocenters. The van der Waals surface area contributed by atoms with Gasteiger partial charge in [-0.3, -0.25) is 9.59 Å². The summed E-state index contributed by atoms with van der Waals surface area (Å²) in [5.74, 6) is -1.36. The number of aliphatic hydroxyl groups excluding tert-OH is 1. The Morgan fingerprint density at radius 1 is 1.00 bits per heavy atom. The average molecular weight is 347 g/mol. The van der Waals surface area contributed by atoms with Crippen molar-refractivity contribution < 1.29 is 14.7 Å². The van der Waals surface area contributed by atoms with E-state index in [0.29, 0.717) is 5.02 Å². The second-order valence-corrected chi connectivity index (χ2v) is 5.68. The summed E-state index contributed by atoms with van der Waals surface area (Å²) in [5, 5.41) is 12.3. The summed E-state index contributed by atoms with van der Waals surface area (Å²) in [6, 6.07) is 16.3. The SMILES string of the molecule is O=C(NCc1ccc(Cl)cc1)C(=O)N(CCO)Cc1ccccc1. The number of carbonyl (C=O) groups excluding carboxylic acids is 2. The van der Waals surface area contributed by atoms with E-state index in [1.54, 1.807) is 24.3 Å². The molecule has 5 nitrogen and oxygen atoms in total. The van der Waals surface area contributed by atoms with Crippen molar-refractivity contribution in [3.63, 3.8) is 0 Å². The van der Waals surface area contributed by atoms with Gasteiger partial charge in [0.05, 0.1) is 6.61 Å². The van der Waals surface area contributed by atoms with Crippen molar-refractivity contribution in [2.75, 3.05) is 13.2 Å². The zero-order valence-electron chi connectivity index (χ0n) is 13.1. The molecule has 0 radical (unpaired) electrons. The van der Waals surface area contributed by atoms with Gasteiger partial charge in [0.15, 0.2) is 0 Å². The molecule has 2 amide bonds. The van der Waals surface area contributed by atoms with Gasteiger partial charge in [-0.1, -0.05) is 54.1 Å². The third-order valence-electron chi connectivity index (χ3n) is 3.43. The fourth-order valence-electron chi connectivity index (χ4n) is 2.18. The van der Waals surface area contributed by atoms with Crippen LogP contribution in [0.5, 0.6) is 0 Å². The van der Waals surface area contributed by atoms with Crippen molar-refractivity contribution in [1.29, 1.82) is 0 Å². The van der Waals surface area contributed by atoms with Crippen LogP contribution >= 0.6 is 11.6 Å². The molecule has 0 aliphatic carbocycles. The van der Waals surface area contributed by atoms with Crippen LogP contribution in [0.4, 0.5) is 0 Å². The number of nitrogens with zero attached hydrogens (tertiary/aromatic N) is 1.